The van der Waals surface area contributed by atoms with Gasteiger partial charge in [0.2, 0.25) is 0 Å². The normalized spacial score (nSPS) is 11.4. The number of pyridine rings is 3. The van der Waals surface area contributed by atoms with Crippen LogP contribution in [-0.4, -0.2) is 30.1 Å². The monoisotopic (exact) mass is 406 g/mol. The van der Waals surface area contributed by atoms with Crippen LogP contribution < -0.4 is 0 Å². The van der Waals surface area contributed by atoms with Crippen molar-refractivity contribution in [3.63, 3.8) is 0 Å². The molecule has 148 valence electrons. The highest BCUT2D eigenvalue weighted by Gasteiger charge is 2.15. The van der Waals surface area contributed by atoms with Crippen molar-refractivity contribution in [1.82, 2.24) is 30.1 Å². The number of aromatic amines is 2. The summed E-state index contributed by atoms with van der Waals surface area (Å²) < 4.78 is 13.4. The molecular weight excluding hydrogens is 391 g/mol. The molecule has 2 N–H and O–H groups in total. The van der Waals surface area contributed by atoms with Crippen LogP contribution >= 0.6 is 0 Å². The van der Waals surface area contributed by atoms with Crippen LogP contribution in [-0.2, 0) is 0 Å². The first-order valence-electron chi connectivity index (χ1n) is 9.76. The molecule has 31 heavy (non-hydrogen) atoms. The third-order valence-corrected chi connectivity index (χ3v) is 5.30. The molecule has 6 rings (SSSR count). The Morgan fingerprint density at radius 3 is 2.48 bits per heavy atom. The predicted octanol–water partition coefficient (Wildman–Crippen LogP) is 5.37. The summed E-state index contributed by atoms with van der Waals surface area (Å²) in [5.41, 5.74) is 6.64. The summed E-state index contributed by atoms with van der Waals surface area (Å²) in [5.74, 6) is -0.273. The maximum atomic E-state index is 13.4. The van der Waals surface area contributed by atoms with Crippen LogP contribution in [0, 0.1) is 5.82 Å². The van der Waals surface area contributed by atoms with E-state index in [1.165, 1.54) is 12.1 Å². The lowest BCUT2D eigenvalue weighted by molar-refractivity contribution is 0.628. The lowest BCUT2D eigenvalue weighted by Gasteiger charge is -2.02. The van der Waals surface area contributed by atoms with Gasteiger partial charge in [-0.1, -0.05) is 6.07 Å². The van der Waals surface area contributed by atoms with Gasteiger partial charge in [0.1, 0.15) is 11.5 Å². The molecule has 0 amide bonds. The Morgan fingerprint density at radius 1 is 0.742 bits per heavy atom. The summed E-state index contributed by atoms with van der Waals surface area (Å²) in [5, 5.41) is 9.34. The van der Waals surface area contributed by atoms with Crippen LogP contribution in [0.25, 0.3) is 55.8 Å². The van der Waals surface area contributed by atoms with Crippen molar-refractivity contribution in [3.8, 4) is 33.9 Å². The molecule has 7 heteroatoms. The number of aromatic nitrogens is 6. The Morgan fingerprint density at radius 2 is 1.65 bits per heavy atom. The molecule has 1 aromatic carbocycles. The fourth-order valence-corrected chi connectivity index (χ4v) is 3.80. The van der Waals surface area contributed by atoms with E-state index < -0.39 is 0 Å². The Balaban J connectivity index is 1.51. The summed E-state index contributed by atoms with van der Waals surface area (Å²) in [7, 11) is 0. The van der Waals surface area contributed by atoms with Crippen molar-refractivity contribution in [3.05, 3.63) is 85.1 Å². The van der Waals surface area contributed by atoms with Crippen LogP contribution in [0.2, 0.25) is 0 Å². The van der Waals surface area contributed by atoms with E-state index in [1.807, 2.05) is 36.4 Å². The number of nitrogens with one attached hydrogen (secondary N) is 2. The van der Waals surface area contributed by atoms with Crippen molar-refractivity contribution in [2.24, 2.45) is 0 Å². The van der Waals surface area contributed by atoms with Gasteiger partial charge in [0, 0.05) is 46.0 Å². The zero-order chi connectivity index (χ0) is 20.8. The summed E-state index contributed by atoms with van der Waals surface area (Å²) >= 11 is 0. The molecule has 0 bridgehead atoms. The number of rotatable bonds is 3. The fraction of sp³-hybridized carbons (Fsp3) is 0. The highest BCUT2D eigenvalue weighted by atomic mass is 19.1. The van der Waals surface area contributed by atoms with Crippen LogP contribution in [0.3, 0.4) is 0 Å². The van der Waals surface area contributed by atoms with Crippen molar-refractivity contribution in [2.75, 3.05) is 0 Å². The lowest BCUT2D eigenvalue weighted by atomic mass is 10.1. The van der Waals surface area contributed by atoms with Crippen molar-refractivity contribution in [2.45, 2.75) is 0 Å². The molecule has 0 spiro atoms. The predicted molar refractivity (Wildman–Crippen MR) is 118 cm³/mol. The second-order valence-electron chi connectivity index (χ2n) is 7.22. The minimum Gasteiger partial charge on any atom is -0.353 e. The molecule has 5 heterocycles. The van der Waals surface area contributed by atoms with Gasteiger partial charge in [-0.25, -0.2) is 9.37 Å². The SMILES string of the molecule is Fc1ccc(-c2nccc3[nH]c(-c4n[nH]c5ncc(-c6ccccn6)cc45)cc23)cc1. The quantitative estimate of drug-likeness (QED) is 0.414. The first-order chi connectivity index (χ1) is 15.3. The number of benzene rings is 1. The topological polar surface area (TPSA) is 83.1 Å². The molecule has 6 nitrogen and oxygen atoms in total. The number of hydrogen-bond acceptors (Lipinski definition) is 4. The van der Waals surface area contributed by atoms with E-state index in [0.717, 1.165) is 50.2 Å². The van der Waals surface area contributed by atoms with Crippen molar-refractivity contribution in [1.29, 1.82) is 0 Å². The maximum absolute atomic E-state index is 13.4. The molecule has 0 fully saturated rings. The van der Waals surface area contributed by atoms with Gasteiger partial charge in [-0.3, -0.25) is 15.1 Å². The van der Waals surface area contributed by atoms with Crippen LogP contribution in [0.4, 0.5) is 4.39 Å². The molecule has 6 aromatic rings. The molecule has 0 radical (unpaired) electrons. The van der Waals surface area contributed by atoms with E-state index in [-0.39, 0.29) is 5.82 Å². The summed E-state index contributed by atoms with van der Waals surface area (Å²) in [6.45, 7) is 0. The minimum atomic E-state index is -0.273. The molecule has 0 atom stereocenters. The van der Waals surface area contributed by atoms with Gasteiger partial charge >= 0.3 is 0 Å². The highest BCUT2D eigenvalue weighted by molar-refractivity contribution is 5.99. The maximum Gasteiger partial charge on any atom is 0.155 e. The molecule has 5 aromatic heterocycles. The van der Waals surface area contributed by atoms with E-state index >= 15 is 0 Å². The lowest BCUT2D eigenvalue weighted by Crippen LogP contribution is -1.85. The van der Waals surface area contributed by atoms with E-state index in [9.17, 15) is 4.39 Å². The van der Waals surface area contributed by atoms with Crippen LogP contribution in [0.5, 0.6) is 0 Å². The average Bonchev–Trinajstić information content (AvgIpc) is 3.43. The number of hydrogen-bond donors (Lipinski definition) is 2. The second kappa shape index (κ2) is 6.84. The molecular formula is C24H15FN6. The largest absolute Gasteiger partial charge is 0.353 e. The van der Waals surface area contributed by atoms with Crippen LogP contribution in [0.1, 0.15) is 0 Å². The Labute approximate surface area is 175 Å². The van der Waals surface area contributed by atoms with Gasteiger partial charge < -0.3 is 4.98 Å². The minimum absolute atomic E-state index is 0.273. The number of H-pyrrole nitrogens is 2. The molecule has 0 saturated carbocycles. The van der Waals surface area contributed by atoms with E-state index in [2.05, 4.69) is 30.1 Å². The first kappa shape index (κ1) is 17.5. The Hall–Kier alpha value is -4.39. The summed E-state index contributed by atoms with van der Waals surface area (Å²) in [4.78, 5) is 16.9. The van der Waals surface area contributed by atoms with E-state index in [1.54, 1.807) is 30.7 Å². The highest BCUT2D eigenvalue weighted by Crippen LogP contribution is 2.33. The van der Waals surface area contributed by atoms with Gasteiger partial charge in [0.15, 0.2) is 5.65 Å². The van der Waals surface area contributed by atoms with Crippen molar-refractivity contribution >= 4 is 21.9 Å². The summed E-state index contributed by atoms with van der Waals surface area (Å²) in [6.07, 6.45) is 5.29. The second-order valence-corrected chi connectivity index (χ2v) is 7.22. The number of halogens is 1. The smallest absolute Gasteiger partial charge is 0.155 e. The fourth-order valence-electron chi connectivity index (χ4n) is 3.80. The zero-order valence-electron chi connectivity index (χ0n) is 16.2. The molecule has 0 aliphatic rings. The number of fused-ring (bicyclic) bond motifs is 2. The van der Waals surface area contributed by atoms with E-state index in [0.29, 0.717) is 5.65 Å². The van der Waals surface area contributed by atoms with Gasteiger partial charge in [0.25, 0.3) is 0 Å². The molecule has 0 aliphatic heterocycles. The van der Waals surface area contributed by atoms with Gasteiger partial charge in [-0.15, -0.1) is 0 Å². The standard InChI is InChI=1S/C24H15FN6/c25-16-6-4-14(5-7-16)22-17-12-21(29-20(17)8-10-27-22)23-18-11-15(13-28-24(18)31-30-23)19-3-1-2-9-26-19/h1-13,29H,(H,28,30,31). The summed E-state index contributed by atoms with van der Waals surface area (Å²) in [6, 6.07) is 18.1. The van der Waals surface area contributed by atoms with Gasteiger partial charge in [-0.2, -0.15) is 5.10 Å². The van der Waals surface area contributed by atoms with Gasteiger partial charge in [0.05, 0.1) is 17.1 Å². The third kappa shape index (κ3) is 2.95. The first-order valence-corrected chi connectivity index (χ1v) is 9.76. The Kier molecular flexibility index (Phi) is 3.86. The third-order valence-electron chi connectivity index (χ3n) is 5.30. The van der Waals surface area contributed by atoms with Crippen LogP contribution in [0.15, 0.2) is 79.3 Å². The average molecular weight is 406 g/mol. The molecule has 0 aliphatic carbocycles. The van der Waals surface area contributed by atoms with E-state index in [4.69, 9.17) is 0 Å². The zero-order valence-corrected chi connectivity index (χ0v) is 16.2. The molecule has 0 saturated heterocycles. The van der Waals surface area contributed by atoms with Crippen molar-refractivity contribution < 1.29 is 4.39 Å². The number of nitrogens with zero attached hydrogens (tertiary/aromatic N) is 4. The molecule has 0 unspecified atom stereocenters. The Bertz CT molecular complexity index is 1530. The van der Waals surface area contributed by atoms with Gasteiger partial charge in [-0.05, 0) is 54.6 Å².